The van der Waals surface area contributed by atoms with Gasteiger partial charge in [0.05, 0.1) is 29.5 Å². The normalized spacial score (nSPS) is 12.1. The summed E-state index contributed by atoms with van der Waals surface area (Å²) in [5, 5.41) is 0. The summed E-state index contributed by atoms with van der Waals surface area (Å²) in [4.78, 5) is 17.2. The van der Waals surface area contributed by atoms with Gasteiger partial charge in [-0.05, 0) is 37.3 Å². The van der Waals surface area contributed by atoms with Crippen LogP contribution in [0.2, 0.25) is 0 Å². The van der Waals surface area contributed by atoms with Crippen molar-refractivity contribution < 1.29 is 18.5 Å². The van der Waals surface area contributed by atoms with Gasteiger partial charge in [-0.2, -0.15) is 4.36 Å². The third-order valence-corrected chi connectivity index (χ3v) is 6.06. The minimum atomic E-state index is -2.87. The van der Waals surface area contributed by atoms with Crippen LogP contribution in [0.15, 0.2) is 70.2 Å². The molecule has 0 aliphatic rings. The van der Waals surface area contributed by atoms with Crippen LogP contribution in [0, 0.1) is 18.8 Å². The van der Waals surface area contributed by atoms with Crippen molar-refractivity contribution in [2.45, 2.75) is 11.8 Å². The Morgan fingerprint density at radius 3 is 2.16 bits per heavy atom. The number of aromatic nitrogens is 1. The monoisotopic (exact) mass is 434 g/mol. The van der Waals surface area contributed by atoms with Crippen molar-refractivity contribution in [3.8, 4) is 23.3 Å². The lowest BCUT2D eigenvalue weighted by Crippen LogP contribution is -2.04. The molecule has 1 aromatic heterocycles. The molecule has 3 aromatic rings. The molecule has 0 spiro atoms. The first-order chi connectivity index (χ1) is 14.8. The Balaban J connectivity index is 1.89. The van der Waals surface area contributed by atoms with E-state index in [-0.39, 0.29) is 5.56 Å². The molecular weight excluding hydrogens is 412 g/mol. The van der Waals surface area contributed by atoms with Crippen LogP contribution in [-0.2, 0) is 9.73 Å². The number of carbonyl (C=O) groups is 1. The van der Waals surface area contributed by atoms with Crippen LogP contribution in [-0.4, -0.2) is 35.6 Å². The molecule has 1 heterocycles. The van der Waals surface area contributed by atoms with Gasteiger partial charge in [-0.25, -0.2) is 4.21 Å². The summed E-state index contributed by atoms with van der Waals surface area (Å²) < 4.78 is 27.4. The van der Waals surface area contributed by atoms with Crippen LogP contribution >= 0.6 is 0 Å². The van der Waals surface area contributed by atoms with Gasteiger partial charge in [0, 0.05) is 40.7 Å². The lowest BCUT2D eigenvalue weighted by atomic mass is 10.1. The number of hydrogen-bond acceptors (Lipinski definition) is 5. The van der Waals surface area contributed by atoms with E-state index in [9.17, 15) is 9.00 Å². The Labute approximate surface area is 182 Å². The average molecular weight is 435 g/mol. The van der Waals surface area contributed by atoms with E-state index >= 15 is 0 Å². The second-order valence-corrected chi connectivity index (χ2v) is 9.08. The predicted octanol–water partition coefficient (Wildman–Crippen LogP) is 4.10. The number of ether oxygens (including phenoxy) is 2. The molecule has 158 valence electrons. The van der Waals surface area contributed by atoms with Crippen molar-refractivity contribution >= 4 is 15.6 Å². The van der Waals surface area contributed by atoms with Gasteiger partial charge in [0.25, 0.3) is 5.91 Å². The fourth-order valence-electron chi connectivity index (χ4n) is 2.70. The molecule has 7 heteroatoms. The lowest BCUT2D eigenvalue weighted by molar-refractivity contribution is 0.100. The molecular formula is C24H22N2O4S. The number of methoxy groups -OCH3 is 2. The maximum Gasteiger partial charge on any atom is 0.286 e. The summed E-state index contributed by atoms with van der Waals surface area (Å²) in [6.45, 7) is 1.93. The van der Waals surface area contributed by atoms with Gasteiger partial charge in [-0.15, -0.1) is 0 Å². The highest BCUT2D eigenvalue weighted by atomic mass is 32.2. The minimum absolute atomic E-state index is 0.219. The van der Waals surface area contributed by atoms with Crippen molar-refractivity contribution in [2.75, 3.05) is 20.5 Å². The first kappa shape index (κ1) is 22.1. The summed E-state index contributed by atoms with van der Waals surface area (Å²) >= 11 is 0. The molecule has 1 amide bonds. The van der Waals surface area contributed by atoms with E-state index in [2.05, 4.69) is 21.2 Å². The van der Waals surface area contributed by atoms with Crippen molar-refractivity contribution in [3.63, 3.8) is 0 Å². The highest BCUT2D eigenvalue weighted by Crippen LogP contribution is 2.22. The molecule has 0 fully saturated rings. The number of hydrogen-bond donors (Lipinski definition) is 0. The second kappa shape index (κ2) is 9.45. The molecule has 6 nitrogen and oxygen atoms in total. The fraction of sp³-hybridized carbons (Fsp3) is 0.167. The maximum absolute atomic E-state index is 12.9. The van der Waals surface area contributed by atoms with Crippen molar-refractivity contribution in [1.29, 1.82) is 0 Å². The third kappa shape index (κ3) is 5.71. The molecule has 0 saturated heterocycles. The smallest absolute Gasteiger partial charge is 0.286 e. The number of amides is 1. The zero-order valence-electron chi connectivity index (χ0n) is 17.7. The number of aryl methyl sites for hydroxylation is 1. The van der Waals surface area contributed by atoms with Crippen LogP contribution < -0.4 is 9.47 Å². The van der Waals surface area contributed by atoms with E-state index in [1.165, 1.54) is 12.5 Å². The molecule has 0 aliphatic heterocycles. The van der Waals surface area contributed by atoms with E-state index in [0.29, 0.717) is 27.5 Å². The Morgan fingerprint density at radius 1 is 0.935 bits per heavy atom. The Kier molecular flexibility index (Phi) is 6.73. The zero-order valence-corrected chi connectivity index (χ0v) is 18.5. The second-order valence-electron chi connectivity index (χ2n) is 6.83. The van der Waals surface area contributed by atoms with Gasteiger partial charge < -0.3 is 9.47 Å². The number of nitrogens with zero attached hydrogens (tertiary/aromatic N) is 2. The SMILES string of the molecule is COc1cc(C#Cc2cncc(C(=O)N=S(C)(=O)c3ccc(C)cc3)c2)cc(OC)c1. The molecule has 1 unspecified atom stereocenters. The Hall–Kier alpha value is -3.63. The standard InChI is InChI=1S/C24H22N2O4S/c1-17-5-9-23(10-6-17)31(4,28)26-24(27)20-11-19(15-25-16-20)8-7-18-12-21(29-2)14-22(13-18)30-3/h5-6,9-16H,1-4H3. The first-order valence-corrected chi connectivity index (χ1v) is 11.3. The first-order valence-electron chi connectivity index (χ1n) is 9.34. The van der Waals surface area contributed by atoms with Gasteiger partial charge >= 0.3 is 0 Å². The van der Waals surface area contributed by atoms with E-state index in [4.69, 9.17) is 9.47 Å². The van der Waals surface area contributed by atoms with Gasteiger partial charge in [0.2, 0.25) is 0 Å². The van der Waals surface area contributed by atoms with E-state index in [1.54, 1.807) is 56.8 Å². The largest absolute Gasteiger partial charge is 0.497 e. The zero-order chi connectivity index (χ0) is 22.4. The Morgan fingerprint density at radius 2 is 1.55 bits per heavy atom. The van der Waals surface area contributed by atoms with Crippen molar-refractivity contribution in [3.05, 3.63) is 83.2 Å². The van der Waals surface area contributed by atoms with Gasteiger partial charge in [-0.3, -0.25) is 9.78 Å². The van der Waals surface area contributed by atoms with Crippen LogP contribution in [0.4, 0.5) is 0 Å². The highest BCUT2D eigenvalue weighted by Gasteiger charge is 2.12. The summed E-state index contributed by atoms with van der Waals surface area (Å²) in [6, 6.07) is 14.0. The molecule has 0 N–H and O–H groups in total. The minimum Gasteiger partial charge on any atom is -0.497 e. The molecule has 1 atom stereocenters. The molecule has 0 bridgehead atoms. The van der Waals surface area contributed by atoms with Gasteiger partial charge in [0.1, 0.15) is 11.5 Å². The summed E-state index contributed by atoms with van der Waals surface area (Å²) in [6.07, 6.45) is 4.38. The van der Waals surface area contributed by atoms with Gasteiger partial charge in [-0.1, -0.05) is 29.5 Å². The van der Waals surface area contributed by atoms with Crippen LogP contribution in [0.1, 0.15) is 27.0 Å². The maximum atomic E-state index is 12.9. The van der Waals surface area contributed by atoms with Gasteiger partial charge in [0.15, 0.2) is 0 Å². The molecule has 3 rings (SSSR count). The highest BCUT2D eigenvalue weighted by molar-refractivity contribution is 7.93. The van der Waals surface area contributed by atoms with E-state index < -0.39 is 15.6 Å². The molecule has 0 saturated carbocycles. The Bertz CT molecular complexity index is 1270. The number of pyridine rings is 1. The quantitative estimate of drug-likeness (QED) is 0.578. The summed E-state index contributed by atoms with van der Waals surface area (Å²) in [7, 11) is 0.259. The van der Waals surface area contributed by atoms with Crippen molar-refractivity contribution in [2.24, 2.45) is 4.36 Å². The molecule has 2 aromatic carbocycles. The molecule has 31 heavy (non-hydrogen) atoms. The molecule has 0 aliphatic carbocycles. The molecule has 0 radical (unpaired) electrons. The summed E-state index contributed by atoms with van der Waals surface area (Å²) in [5.41, 5.74) is 2.47. The lowest BCUT2D eigenvalue weighted by Gasteiger charge is -2.05. The van der Waals surface area contributed by atoms with Crippen LogP contribution in [0.5, 0.6) is 11.5 Å². The van der Waals surface area contributed by atoms with Crippen molar-refractivity contribution in [1.82, 2.24) is 4.98 Å². The average Bonchev–Trinajstić information content (AvgIpc) is 2.77. The van der Waals surface area contributed by atoms with E-state index in [0.717, 1.165) is 5.56 Å². The van der Waals surface area contributed by atoms with Crippen LogP contribution in [0.25, 0.3) is 0 Å². The number of benzene rings is 2. The third-order valence-electron chi connectivity index (χ3n) is 4.40. The number of rotatable bonds is 4. The van der Waals surface area contributed by atoms with Crippen LogP contribution in [0.3, 0.4) is 0 Å². The predicted molar refractivity (Wildman–Crippen MR) is 120 cm³/mol. The topological polar surface area (TPSA) is 77.9 Å². The summed E-state index contributed by atoms with van der Waals surface area (Å²) in [5.74, 6) is 6.62. The fourth-order valence-corrected chi connectivity index (χ4v) is 3.87. The number of carbonyl (C=O) groups excluding carboxylic acids is 1. The van der Waals surface area contributed by atoms with E-state index in [1.807, 2.05) is 19.1 Å².